The van der Waals surface area contributed by atoms with Crippen molar-refractivity contribution in [3.05, 3.63) is 64.7 Å². The van der Waals surface area contributed by atoms with E-state index in [4.69, 9.17) is 0 Å². The summed E-state index contributed by atoms with van der Waals surface area (Å²) >= 11 is 0. The van der Waals surface area contributed by atoms with Crippen molar-refractivity contribution in [1.29, 1.82) is 0 Å². The zero-order valence-corrected chi connectivity index (χ0v) is 10.8. The highest BCUT2D eigenvalue weighted by Crippen LogP contribution is 2.18. The third-order valence-electron chi connectivity index (χ3n) is 2.85. The Balaban J connectivity index is 2.10. The largest absolute Gasteiger partial charge is 0.507 e. The molecule has 0 saturated carbocycles. The number of carbonyl (C=O) groups is 1. The van der Waals surface area contributed by atoms with Gasteiger partial charge in [-0.1, -0.05) is 6.07 Å². The van der Waals surface area contributed by atoms with Crippen molar-refractivity contribution in [2.45, 2.75) is 13.5 Å². The molecule has 1 amide bonds. The average molecular weight is 277 g/mol. The normalized spacial score (nSPS) is 10.3. The lowest BCUT2D eigenvalue weighted by Gasteiger charge is -2.08. The smallest absolute Gasteiger partial charge is 0.255 e. The summed E-state index contributed by atoms with van der Waals surface area (Å²) in [5.41, 5.74) is 0.951. The van der Waals surface area contributed by atoms with E-state index in [9.17, 15) is 18.7 Å². The van der Waals surface area contributed by atoms with Gasteiger partial charge >= 0.3 is 0 Å². The fourth-order valence-corrected chi connectivity index (χ4v) is 1.78. The molecule has 20 heavy (non-hydrogen) atoms. The molecule has 0 aliphatic rings. The molecular formula is C15H13F2NO2. The number of benzene rings is 2. The molecule has 3 nitrogen and oxygen atoms in total. The summed E-state index contributed by atoms with van der Waals surface area (Å²) in [5, 5.41) is 12.1. The van der Waals surface area contributed by atoms with Crippen LogP contribution in [0.1, 0.15) is 21.5 Å². The predicted octanol–water partition coefficient (Wildman–Crippen LogP) is 2.91. The highest BCUT2D eigenvalue weighted by molar-refractivity contribution is 5.96. The van der Waals surface area contributed by atoms with Gasteiger partial charge in [0, 0.05) is 12.1 Å². The van der Waals surface area contributed by atoms with E-state index in [1.54, 1.807) is 13.0 Å². The molecule has 0 aromatic heterocycles. The average Bonchev–Trinajstić information content (AvgIpc) is 2.39. The van der Waals surface area contributed by atoms with Crippen LogP contribution in [0.3, 0.4) is 0 Å². The lowest BCUT2D eigenvalue weighted by atomic mass is 10.1. The quantitative estimate of drug-likeness (QED) is 0.906. The van der Waals surface area contributed by atoms with Crippen LogP contribution in [0.2, 0.25) is 0 Å². The number of hydrogen-bond donors (Lipinski definition) is 2. The van der Waals surface area contributed by atoms with Gasteiger partial charge in [-0.3, -0.25) is 4.79 Å². The Morgan fingerprint density at radius 1 is 1.20 bits per heavy atom. The topological polar surface area (TPSA) is 49.3 Å². The molecule has 0 radical (unpaired) electrons. The number of nitrogens with one attached hydrogen (secondary N) is 1. The van der Waals surface area contributed by atoms with Crippen molar-refractivity contribution >= 4 is 5.91 Å². The van der Waals surface area contributed by atoms with Gasteiger partial charge in [0.1, 0.15) is 17.4 Å². The zero-order valence-electron chi connectivity index (χ0n) is 10.8. The Labute approximate surface area is 114 Å². The summed E-state index contributed by atoms with van der Waals surface area (Å²) in [6.45, 7) is 1.62. The van der Waals surface area contributed by atoms with Crippen LogP contribution in [-0.4, -0.2) is 11.0 Å². The molecule has 0 saturated heterocycles. The van der Waals surface area contributed by atoms with Crippen LogP contribution in [0.4, 0.5) is 8.78 Å². The van der Waals surface area contributed by atoms with Crippen LogP contribution < -0.4 is 5.32 Å². The molecule has 2 aromatic carbocycles. The van der Waals surface area contributed by atoms with Gasteiger partial charge < -0.3 is 10.4 Å². The van der Waals surface area contributed by atoms with E-state index < -0.39 is 17.5 Å². The maximum atomic E-state index is 13.4. The van der Waals surface area contributed by atoms with E-state index in [0.717, 1.165) is 23.8 Å². The third kappa shape index (κ3) is 3.12. The number of halogens is 2. The lowest BCUT2D eigenvalue weighted by molar-refractivity contribution is 0.0948. The van der Waals surface area contributed by atoms with E-state index in [1.807, 2.05) is 0 Å². The molecule has 0 fully saturated rings. The fourth-order valence-electron chi connectivity index (χ4n) is 1.78. The fraction of sp³-hybridized carbons (Fsp3) is 0.133. The van der Waals surface area contributed by atoms with Crippen LogP contribution in [0.5, 0.6) is 5.75 Å². The molecule has 0 unspecified atom stereocenters. The monoisotopic (exact) mass is 277 g/mol. The van der Waals surface area contributed by atoms with E-state index in [2.05, 4.69) is 5.32 Å². The first kappa shape index (κ1) is 14.0. The Hall–Kier alpha value is -2.43. The first-order valence-electron chi connectivity index (χ1n) is 5.99. The first-order valence-corrected chi connectivity index (χ1v) is 5.99. The Bertz CT molecular complexity index is 656. The predicted molar refractivity (Wildman–Crippen MR) is 70.4 cm³/mol. The van der Waals surface area contributed by atoms with Gasteiger partial charge in [0.25, 0.3) is 5.91 Å². The molecule has 2 rings (SSSR count). The SMILES string of the molecule is Cc1ccc(C(=O)NCc2cc(F)ccc2F)c(O)c1. The first-order chi connectivity index (χ1) is 9.47. The summed E-state index contributed by atoms with van der Waals surface area (Å²) in [5.74, 6) is -1.87. The Kier molecular flexibility index (Phi) is 3.98. The Morgan fingerprint density at radius 3 is 2.65 bits per heavy atom. The maximum Gasteiger partial charge on any atom is 0.255 e. The van der Waals surface area contributed by atoms with Gasteiger partial charge in [0.15, 0.2) is 0 Å². The van der Waals surface area contributed by atoms with Gasteiger partial charge in [-0.2, -0.15) is 0 Å². The van der Waals surface area contributed by atoms with E-state index in [0.29, 0.717) is 0 Å². The van der Waals surface area contributed by atoms with Crippen molar-refractivity contribution in [1.82, 2.24) is 5.32 Å². The van der Waals surface area contributed by atoms with E-state index >= 15 is 0 Å². The van der Waals surface area contributed by atoms with Crippen molar-refractivity contribution in [2.75, 3.05) is 0 Å². The van der Waals surface area contributed by atoms with Crippen LogP contribution in [0.15, 0.2) is 36.4 Å². The standard InChI is InChI=1S/C15H13F2NO2/c1-9-2-4-12(14(19)6-9)15(20)18-8-10-7-11(16)3-5-13(10)17/h2-7,19H,8H2,1H3,(H,18,20). The summed E-state index contributed by atoms with van der Waals surface area (Å²) in [6.07, 6.45) is 0. The van der Waals surface area contributed by atoms with Gasteiger partial charge in [-0.05, 0) is 42.8 Å². The molecule has 0 spiro atoms. The number of phenolic OH excluding ortho intramolecular Hbond substituents is 1. The minimum absolute atomic E-state index is 0.0463. The number of hydrogen-bond acceptors (Lipinski definition) is 2. The molecule has 2 N–H and O–H groups in total. The molecule has 0 heterocycles. The number of rotatable bonds is 3. The van der Waals surface area contributed by atoms with Crippen LogP contribution >= 0.6 is 0 Å². The second-order valence-electron chi connectivity index (χ2n) is 4.44. The summed E-state index contributed by atoms with van der Waals surface area (Å²) in [4.78, 5) is 11.9. The van der Waals surface area contributed by atoms with Crippen molar-refractivity contribution in [3.63, 3.8) is 0 Å². The van der Waals surface area contributed by atoms with Crippen molar-refractivity contribution in [3.8, 4) is 5.75 Å². The minimum atomic E-state index is -0.597. The third-order valence-corrected chi connectivity index (χ3v) is 2.85. The molecule has 0 aliphatic heterocycles. The summed E-state index contributed by atoms with van der Waals surface area (Å²) in [6, 6.07) is 7.63. The molecule has 5 heteroatoms. The maximum absolute atomic E-state index is 13.4. The highest BCUT2D eigenvalue weighted by Gasteiger charge is 2.12. The minimum Gasteiger partial charge on any atom is -0.507 e. The zero-order chi connectivity index (χ0) is 14.7. The van der Waals surface area contributed by atoms with Crippen LogP contribution in [0, 0.1) is 18.6 Å². The molecule has 104 valence electrons. The van der Waals surface area contributed by atoms with Gasteiger partial charge in [0.05, 0.1) is 5.56 Å². The number of aryl methyl sites for hydroxylation is 1. The second-order valence-corrected chi connectivity index (χ2v) is 4.44. The van der Waals surface area contributed by atoms with Crippen molar-refractivity contribution < 1.29 is 18.7 Å². The number of aromatic hydroxyl groups is 1. The molecule has 2 aromatic rings. The highest BCUT2D eigenvalue weighted by atomic mass is 19.1. The van der Waals surface area contributed by atoms with Crippen LogP contribution in [-0.2, 0) is 6.54 Å². The Morgan fingerprint density at radius 2 is 1.95 bits per heavy atom. The van der Waals surface area contributed by atoms with E-state index in [-0.39, 0.29) is 23.4 Å². The van der Waals surface area contributed by atoms with Gasteiger partial charge in [-0.15, -0.1) is 0 Å². The van der Waals surface area contributed by atoms with Gasteiger partial charge in [-0.25, -0.2) is 8.78 Å². The summed E-state index contributed by atoms with van der Waals surface area (Å²) in [7, 11) is 0. The molecule has 0 atom stereocenters. The van der Waals surface area contributed by atoms with Gasteiger partial charge in [0.2, 0.25) is 0 Å². The number of carbonyl (C=O) groups excluding carboxylic acids is 1. The lowest BCUT2D eigenvalue weighted by Crippen LogP contribution is -2.23. The number of amides is 1. The van der Waals surface area contributed by atoms with Crippen LogP contribution in [0.25, 0.3) is 0 Å². The number of phenols is 1. The molecule has 0 aliphatic carbocycles. The molecule has 0 bridgehead atoms. The summed E-state index contributed by atoms with van der Waals surface area (Å²) < 4.78 is 26.4. The molecular weight excluding hydrogens is 264 g/mol. The van der Waals surface area contributed by atoms with Crippen molar-refractivity contribution in [2.24, 2.45) is 0 Å². The van der Waals surface area contributed by atoms with E-state index in [1.165, 1.54) is 12.1 Å². The second kappa shape index (κ2) is 5.69.